The molecule has 1 saturated heterocycles. The summed E-state index contributed by atoms with van der Waals surface area (Å²) in [5.41, 5.74) is 0.984. The highest BCUT2D eigenvalue weighted by molar-refractivity contribution is 7.89. The van der Waals surface area contributed by atoms with Crippen LogP contribution in [0.5, 0.6) is 0 Å². The first-order valence-electron chi connectivity index (χ1n) is 6.93. The Balaban J connectivity index is 2.00. The van der Waals surface area contributed by atoms with Gasteiger partial charge in [-0.25, -0.2) is 12.7 Å². The molecule has 0 spiro atoms. The molecule has 0 bridgehead atoms. The van der Waals surface area contributed by atoms with E-state index in [0.29, 0.717) is 29.7 Å². The lowest BCUT2D eigenvalue weighted by molar-refractivity contribution is 0.148. The van der Waals surface area contributed by atoms with E-state index in [4.69, 9.17) is 23.2 Å². The van der Waals surface area contributed by atoms with Gasteiger partial charge in [-0.05, 0) is 17.7 Å². The molecule has 1 aliphatic heterocycles. The van der Waals surface area contributed by atoms with Crippen LogP contribution in [0.4, 0.5) is 0 Å². The van der Waals surface area contributed by atoms with Crippen molar-refractivity contribution in [2.24, 2.45) is 5.92 Å². The van der Waals surface area contributed by atoms with Gasteiger partial charge in [0.05, 0.1) is 21.9 Å². The number of benzene rings is 1. The number of aliphatic hydroxyl groups excluding tert-OH is 1. The zero-order valence-electron chi connectivity index (χ0n) is 12.5. The smallest absolute Gasteiger partial charge is 0.214 e. The van der Waals surface area contributed by atoms with Gasteiger partial charge in [0.15, 0.2) is 0 Å². The van der Waals surface area contributed by atoms with E-state index < -0.39 is 16.1 Å². The maximum Gasteiger partial charge on any atom is 0.214 e. The number of β-amino-alcohol motifs (C(OH)–C–C–N with tert-alkyl or cyclic N) is 1. The van der Waals surface area contributed by atoms with Crippen molar-refractivity contribution in [3.8, 4) is 0 Å². The zero-order chi connectivity index (χ0) is 16.5. The first-order valence-corrected chi connectivity index (χ1v) is 9.30. The van der Waals surface area contributed by atoms with Gasteiger partial charge in [0.1, 0.15) is 0 Å². The highest BCUT2D eigenvalue weighted by atomic mass is 35.5. The minimum absolute atomic E-state index is 0.0426. The van der Waals surface area contributed by atoms with E-state index in [-0.39, 0.29) is 11.7 Å². The van der Waals surface area contributed by atoms with Crippen LogP contribution in [0.3, 0.4) is 0 Å². The third kappa shape index (κ3) is 4.34. The second-order valence-corrected chi connectivity index (χ2v) is 8.87. The van der Waals surface area contributed by atoms with E-state index in [9.17, 15) is 13.5 Å². The normalized spacial score (nSPS) is 23.4. The van der Waals surface area contributed by atoms with Crippen LogP contribution in [0.1, 0.15) is 5.56 Å². The summed E-state index contributed by atoms with van der Waals surface area (Å²) in [5, 5.41) is 11.1. The molecule has 0 aliphatic carbocycles. The van der Waals surface area contributed by atoms with Gasteiger partial charge in [-0.15, -0.1) is 0 Å². The number of likely N-dealkylation sites (tertiary alicyclic amines) is 1. The number of nitrogens with zero attached hydrogens (tertiary/aromatic N) is 2. The lowest BCUT2D eigenvalue weighted by Gasteiger charge is -2.18. The number of hydrogen-bond donors (Lipinski definition) is 1. The Morgan fingerprint density at radius 1 is 1.27 bits per heavy atom. The van der Waals surface area contributed by atoms with Crippen molar-refractivity contribution >= 4 is 33.2 Å². The highest BCUT2D eigenvalue weighted by Gasteiger charge is 2.35. The van der Waals surface area contributed by atoms with Crippen LogP contribution in [-0.2, 0) is 16.6 Å². The highest BCUT2D eigenvalue weighted by Crippen LogP contribution is 2.25. The molecular weight excluding hydrogens is 347 g/mol. The summed E-state index contributed by atoms with van der Waals surface area (Å²) >= 11 is 11.9. The number of aliphatic hydroxyl groups is 1. The summed E-state index contributed by atoms with van der Waals surface area (Å²) in [7, 11) is -0.307. The summed E-state index contributed by atoms with van der Waals surface area (Å²) < 4.78 is 25.1. The van der Waals surface area contributed by atoms with Crippen LogP contribution in [0.25, 0.3) is 0 Å². The van der Waals surface area contributed by atoms with E-state index in [1.54, 1.807) is 12.1 Å². The molecule has 0 aromatic heterocycles. The van der Waals surface area contributed by atoms with Crippen molar-refractivity contribution in [2.75, 3.05) is 32.9 Å². The third-order valence-electron chi connectivity index (χ3n) is 3.85. The minimum atomic E-state index is -3.32. The summed E-state index contributed by atoms with van der Waals surface area (Å²) in [6.45, 7) is 1.59. The van der Waals surface area contributed by atoms with Gasteiger partial charge in [0, 0.05) is 39.6 Å². The largest absolute Gasteiger partial charge is 0.391 e. The van der Waals surface area contributed by atoms with Gasteiger partial charge in [0.25, 0.3) is 0 Å². The number of rotatable bonds is 5. The second kappa shape index (κ2) is 7.03. The van der Waals surface area contributed by atoms with Crippen molar-refractivity contribution in [3.63, 3.8) is 0 Å². The molecule has 5 nitrogen and oxygen atoms in total. The Bertz CT molecular complexity index is 637. The summed E-state index contributed by atoms with van der Waals surface area (Å²) in [4.78, 5) is 2.03. The van der Waals surface area contributed by atoms with E-state index in [2.05, 4.69) is 0 Å². The lowest BCUT2D eigenvalue weighted by Crippen LogP contribution is -2.33. The monoisotopic (exact) mass is 366 g/mol. The maximum atomic E-state index is 11.9. The van der Waals surface area contributed by atoms with Gasteiger partial charge in [-0.2, -0.15) is 0 Å². The summed E-state index contributed by atoms with van der Waals surface area (Å²) in [5.74, 6) is -0.325. The van der Waals surface area contributed by atoms with Crippen molar-refractivity contribution in [1.29, 1.82) is 0 Å². The Kier molecular flexibility index (Phi) is 5.74. The molecule has 124 valence electrons. The fourth-order valence-electron chi connectivity index (χ4n) is 2.55. The Morgan fingerprint density at radius 3 is 2.55 bits per heavy atom. The predicted molar refractivity (Wildman–Crippen MR) is 88.7 cm³/mol. The molecule has 8 heteroatoms. The third-order valence-corrected chi connectivity index (χ3v) is 6.55. The van der Waals surface area contributed by atoms with Crippen LogP contribution < -0.4 is 0 Å². The Morgan fingerprint density at radius 2 is 1.95 bits per heavy atom. The van der Waals surface area contributed by atoms with Crippen molar-refractivity contribution in [1.82, 2.24) is 9.21 Å². The van der Waals surface area contributed by atoms with Gasteiger partial charge in [-0.3, -0.25) is 4.90 Å². The fourth-order valence-corrected chi connectivity index (χ4v) is 4.04. The first kappa shape index (κ1) is 18.0. The topological polar surface area (TPSA) is 60.9 Å². The molecular formula is C14H20Cl2N2O3S. The molecule has 22 heavy (non-hydrogen) atoms. The van der Waals surface area contributed by atoms with Gasteiger partial charge < -0.3 is 5.11 Å². The van der Waals surface area contributed by atoms with Crippen molar-refractivity contribution < 1.29 is 13.5 Å². The minimum Gasteiger partial charge on any atom is -0.391 e. The standard InChI is InChI=1S/C14H20Cl2N2O3S/c1-17(2)22(20,21)9-11-7-18(8-14(11)19)6-10-3-4-12(15)13(16)5-10/h3-5,11,14,19H,6-9H2,1-2H3/t11-,14+/m0/s1. The van der Waals surface area contributed by atoms with E-state index in [0.717, 1.165) is 5.56 Å². The van der Waals surface area contributed by atoms with E-state index in [1.165, 1.54) is 18.4 Å². The first-order chi connectivity index (χ1) is 10.2. The second-order valence-electron chi connectivity index (χ2n) is 5.83. The predicted octanol–water partition coefficient (Wildman–Crippen LogP) is 1.68. The average Bonchev–Trinajstić information content (AvgIpc) is 2.73. The molecule has 0 saturated carbocycles. The van der Waals surface area contributed by atoms with Crippen LogP contribution >= 0.6 is 23.2 Å². The quantitative estimate of drug-likeness (QED) is 0.860. The summed E-state index contributed by atoms with van der Waals surface area (Å²) in [6, 6.07) is 5.41. The van der Waals surface area contributed by atoms with Crippen LogP contribution in [0.15, 0.2) is 18.2 Å². The molecule has 2 rings (SSSR count). The molecule has 1 N–H and O–H groups in total. The average molecular weight is 367 g/mol. The SMILES string of the molecule is CN(C)S(=O)(=O)C[C@@H]1CN(Cc2ccc(Cl)c(Cl)c2)C[C@H]1O. The van der Waals surface area contributed by atoms with Gasteiger partial charge in [-0.1, -0.05) is 29.3 Å². The Labute approximate surface area is 141 Å². The molecule has 1 aromatic carbocycles. The summed E-state index contributed by atoms with van der Waals surface area (Å²) in [6.07, 6.45) is -0.641. The molecule has 2 atom stereocenters. The van der Waals surface area contributed by atoms with Crippen LogP contribution in [0.2, 0.25) is 10.0 Å². The Hall–Kier alpha value is -0.370. The van der Waals surface area contributed by atoms with E-state index in [1.807, 2.05) is 11.0 Å². The molecule has 1 aromatic rings. The number of sulfonamides is 1. The molecule has 0 radical (unpaired) electrons. The van der Waals surface area contributed by atoms with Crippen molar-refractivity contribution in [2.45, 2.75) is 12.6 Å². The molecule has 1 heterocycles. The van der Waals surface area contributed by atoms with E-state index >= 15 is 0 Å². The van der Waals surface area contributed by atoms with Crippen molar-refractivity contribution in [3.05, 3.63) is 33.8 Å². The number of halogens is 2. The van der Waals surface area contributed by atoms with Gasteiger partial charge >= 0.3 is 0 Å². The maximum absolute atomic E-state index is 11.9. The molecule has 1 aliphatic rings. The molecule has 0 amide bonds. The lowest BCUT2D eigenvalue weighted by atomic mass is 10.1. The number of hydrogen-bond acceptors (Lipinski definition) is 4. The van der Waals surface area contributed by atoms with Crippen LogP contribution in [-0.4, -0.2) is 61.8 Å². The van der Waals surface area contributed by atoms with Crippen LogP contribution in [0, 0.1) is 5.92 Å². The van der Waals surface area contributed by atoms with Gasteiger partial charge in [0.2, 0.25) is 10.0 Å². The fraction of sp³-hybridized carbons (Fsp3) is 0.571. The molecule has 0 unspecified atom stereocenters. The molecule has 1 fully saturated rings. The zero-order valence-corrected chi connectivity index (χ0v) is 14.9.